The number of esters is 2. The number of amides is 1. The normalized spacial score (nSPS) is 39.5. The first-order valence-electron chi connectivity index (χ1n) is 14.1. The molecular weight excluding hydrogens is 532 g/mol. The third-order valence-corrected chi connectivity index (χ3v) is 9.00. The number of allylic oxidation sites excluding steroid dienone is 1. The van der Waals surface area contributed by atoms with E-state index in [0.717, 1.165) is 5.57 Å². The highest BCUT2D eigenvalue weighted by Crippen LogP contribution is 2.52. The Balaban J connectivity index is 1.79. The number of primary amides is 1. The number of aliphatic hydroxyl groups excluding tert-OH is 1. The van der Waals surface area contributed by atoms with Gasteiger partial charge in [0, 0.05) is 37.0 Å². The Morgan fingerprint density at radius 2 is 1.95 bits per heavy atom. The molecule has 1 spiro atoms. The molecule has 4 N–H and O–H groups in total. The van der Waals surface area contributed by atoms with E-state index < -0.39 is 71.9 Å². The van der Waals surface area contributed by atoms with Crippen LogP contribution in [0.1, 0.15) is 51.5 Å². The van der Waals surface area contributed by atoms with Gasteiger partial charge in [0.25, 0.3) is 0 Å². The van der Waals surface area contributed by atoms with E-state index in [1.165, 1.54) is 7.11 Å². The number of H-pyrrole nitrogens is 1. The second kappa shape index (κ2) is 12.4. The topological polar surface area (TPSA) is 159 Å². The van der Waals surface area contributed by atoms with Crippen LogP contribution >= 0.6 is 0 Å². The van der Waals surface area contributed by atoms with Crippen LogP contribution in [0.4, 0.5) is 4.79 Å². The van der Waals surface area contributed by atoms with Crippen LogP contribution in [0.2, 0.25) is 0 Å². The zero-order chi connectivity index (χ0) is 30.1. The summed E-state index contributed by atoms with van der Waals surface area (Å²) in [6, 6.07) is 3.33. The Labute approximate surface area is 240 Å². The average molecular weight is 575 g/mol. The lowest BCUT2D eigenvalue weighted by Gasteiger charge is -2.52. The van der Waals surface area contributed by atoms with E-state index >= 15 is 0 Å². The molecule has 2 aliphatic heterocycles. The lowest BCUT2D eigenvalue weighted by atomic mass is 9.59. The molecule has 4 rings (SSSR count). The van der Waals surface area contributed by atoms with E-state index in [1.54, 1.807) is 25.3 Å². The maximum absolute atomic E-state index is 13.3. The van der Waals surface area contributed by atoms with Gasteiger partial charge in [-0.25, -0.2) is 14.4 Å². The number of cyclic esters (lactones) is 1. The van der Waals surface area contributed by atoms with Gasteiger partial charge < -0.3 is 39.5 Å². The number of aliphatic hydroxyl groups is 1. The van der Waals surface area contributed by atoms with Gasteiger partial charge >= 0.3 is 18.0 Å². The van der Waals surface area contributed by atoms with Crippen LogP contribution in [0, 0.1) is 29.6 Å². The lowest BCUT2D eigenvalue weighted by Crippen LogP contribution is -2.57. The van der Waals surface area contributed by atoms with Crippen molar-refractivity contribution in [3.05, 3.63) is 47.8 Å². The first kappa shape index (κ1) is 30.8. The molecule has 226 valence electrons. The van der Waals surface area contributed by atoms with Crippen molar-refractivity contribution in [2.75, 3.05) is 13.7 Å². The molecule has 0 bridgehead atoms. The summed E-state index contributed by atoms with van der Waals surface area (Å²) in [6.07, 6.45) is 2.58. The molecule has 0 saturated carbocycles. The van der Waals surface area contributed by atoms with Crippen LogP contribution in [0.15, 0.2) is 42.1 Å². The highest BCUT2D eigenvalue weighted by atomic mass is 16.6. The first-order valence-corrected chi connectivity index (χ1v) is 14.1. The van der Waals surface area contributed by atoms with Crippen LogP contribution in [0.3, 0.4) is 0 Å². The summed E-state index contributed by atoms with van der Waals surface area (Å²) < 4.78 is 29.3. The Hall–Kier alpha value is -3.15. The van der Waals surface area contributed by atoms with Gasteiger partial charge in [-0.3, -0.25) is 0 Å². The smallest absolute Gasteiger partial charge is 0.404 e. The third-order valence-electron chi connectivity index (χ3n) is 9.00. The number of carbonyl (C=O) groups is 3. The fraction of sp³-hybridized carbons (Fsp3) is 0.633. The molecular formula is C30H42N2O9. The van der Waals surface area contributed by atoms with E-state index in [0.29, 0.717) is 5.69 Å². The van der Waals surface area contributed by atoms with Gasteiger partial charge in [-0.1, -0.05) is 39.0 Å². The second-order valence-corrected chi connectivity index (χ2v) is 11.6. The summed E-state index contributed by atoms with van der Waals surface area (Å²) in [5.74, 6) is -2.93. The molecule has 11 heteroatoms. The Bertz CT molecular complexity index is 1160. The second-order valence-electron chi connectivity index (χ2n) is 11.6. The number of ether oxygens (including phenoxy) is 5. The van der Waals surface area contributed by atoms with Gasteiger partial charge in [-0.2, -0.15) is 0 Å². The van der Waals surface area contributed by atoms with Crippen molar-refractivity contribution in [3.63, 3.8) is 0 Å². The minimum atomic E-state index is -1.06. The third kappa shape index (κ3) is 5.93. The van der Waals surface area contributed by atoms with E-state index in [-0.39, 0.29) is 24.9 Å². The minimum absolute atomic E-state index is 0.0323. The van der Waals surface area contributed by atoms with Crippen LogP contribution in [-0.4, -0.2) is 78.0 Å². The number of nitrogens with one attached hydrogen (secondary N) is 1. The quantitative estimate of drug-likeness (QED) is 0.273. The molecule has 1 aliphatic carbocycles. The Morgan fingerprint density at radius 1 is 1.22 bits per heavy atom. The summed E-state index contributed by atoms with van der Waals surface area (Å²) in [5.41, 5.74) is 5.34. The highest BCUT2D eigenvalue weighted by Gasteiger charge is 2.58. The van der Waals surface area contributed by atoms with Crippen LogP contribution in [-0.2, 0) is 28.5 Å². The SMILES string of the molecule is CO[C@H]1C[C@H]2C=C[C@H](C)[C@H]3[C@H](O)[C@@H](C)[C@@H](OC(=O)c4ccc[nH]4)CO[C@]32/C(C)=C/[C@@H](C)[C@@H]([C@@H](C)OC(N)=O)OC1=O. The molecule has 0 unspecified atom stereocenters. The fourth-order valence-corrected chi connectivity index (χ4v) is 6.85. The monoisotopic (exact) mass is 574 g/mol. The van der Waals surface area contributed by atoms with Gasteiger partial charge in [0.1, 0.15) is 29.6 Å². The van der Waals surface area contributed by atoms with Crippen molar-refractivity contribution >= 4 is 18.0 Å². The molecule has 3 heterocycles. The van der Waals surface area contributed by atoms with Crippen molar-refractivity contribution in [3.8, 4) is 0 Å². The number of aromatic amines is 1. The van der Waals surface area contributed by atoms with Crippen LogP contribution in [0.5, 0.6) is 0 Å². The number of methoxy groups -OCH3 is 1. The van der Waals surface area contributed by atoms with Crippen molar-refractivity contribution < 1.29 is 43.2 Å². The van der Waals surface area contributed by atoms with Gasteiger partial charge in [0.15, 0.2) is 6.10 Å². The van der Waals surface area contributed by atoms with Crippen molar-refractivity contribution in [2.24, 2.45) is 35.3 Å². The fourth-order valence-electron chi connectivity index (χ4n) is 6.85. The molecule has 11 nitrogen and oxygen atoms in total. The standard InChI is InChI=1S/C30H42N2O9/c1-15-9-10-20-13-22(37-6)28(35)41-26(19(5)39-29(31)36)16(2)12-17(3)30(20)24(15)25(33)18(4)23(14-38-30)40-27(34)21-8-7-11-32-21/h7-12,15-16,18-20,22-26,32-33H,13-14H2,1-6H3,(H2,31,36)/b17-12+/t15-,16+,18-,19+,20+,22-,23-,24-,25+,26-,30-/m0/s1. The van der Waals surface area contributed by atoms with E-state index in [4.69, 9.17) is 29.4 Å². The zero-order valence-electron chi connectivity index (χ0n) is 24.4. The summed E-state index contributed by atoms with van der Waals surface area (Å²) in [4.78, 5) is 40.6. The molecule has 1 amide bonds. The Morgan fingerprint density at radius 3 is 2.59 bits per heavy atom. The van der Waals surface area contributed by atoms with Gasteiger partial charge in [0.05, 0.1) is 12.7 Å². The van der Waals surface area contributed by atoms with E-state index in [2.05, 4.69) is 4.98 Å². The molecule has 11 atom stereocenters. The number of hydrogen-bond donors (Lipinski definition) is 3. The molecule has 1 aromatic rings. The molecule has 1 saturated heterocycles. The number of aromatic nitrogens is 1. The summed E-state index contributed by atoms with van der Waals surface area (Å²) in [7, 11) is 1.43. The van der Waals surface area contributed by atoms with E-state index in [9.17, 15) is 19.5 Å². The minimum Gasteiger partial charge on any atom is -0.456 e. The number of carbonyl (C=O) groups excluding carboxylic acids is 3. The highest BCUT2D eigenvalue weighted by molar-refractivity contribution is 5.87. The molecule has 1 fully saturated rings. The van der Waals surface area contributed by atoms with Crippen molar-refractivity contribution in [1.29, 1.82) is 0 Å². The van der Waals surface area contributed by atoms with Gasteiger partial charge in [-0.15, -0.1) is 0 Å². The Kier molecular flexibility index (Phi) is 9.30. The molecule has 3 aliphatic rings. The average Bonchev–Trinajstić information content (AvgIpc) is 3.43. The van der Waals surface area contributed by atoms with Crippen LogP contribution < -0.4 is 5.73 Å². The number of hydrogen-bond acceptors (Lipinski definition) is 9. The van der Waals surface area contributed by atoms with Gasteiger partial charge in [-0.05, 0) is 43.9 Å². The number of nitrogens with two attached hydrogens (primary N) is 1. The zero-order valence-corrected chi connectivity index (χ0v) is 24.4. The van der Waals surface area contributed by atoms with Crippen LogP contribution in [0.25, 0.3) is 0 Å². The molecule has 1 aromatic heterocycles. The van der Waals surface area contributed by atoms with Gasteiger partial charge in [0.2, 0.25) is 0 Å². The predicted octanol–water partition coefficient (Wildman–Crippen LogP) is 3.14. The van der Waals surface area contributed by atoms with E-state index in [1.807, 2.05) is 45.9 Å². The number of rotatable bonds is 5. The lowest BCUT2D eigenvalue weighted by molar-refractivity contribution is -0.174. The summed E-state index contributed by atoms with van der Waals surface area (Å²) in [6.45, 7) is 9.31. The summed E-state index contributed by atoms with van der Waals surface area (Å²) >= 11 is 0. The maximum atomic E-state index is 13.3. The largest absolute Gasteiger partial charge is 0.456 e. The maximum Gasteiger partial charge on any atom is 0.404 e. The molecule has 0 aromatic carbocycles. The predicted molar refractivity (Wildman–Crippen MR) is 147 cm³/mol. The van der Waals surface area contributed by atoms with Crippen molar-refractivity contribution in [1.82, 2.24) is 4.98 Å². The molecule has 41 heavy (non-hydrogen) atoms. The molecule has 0 radical (unpaired) electrons. The first-order chi connectivity index (χ1) is 19.4. The van der Waals surface area contributed by atoms with Crippen molar-refractivity contribution in [2.45, 2.75) is 77.2 Å². The summed E-state index contributed by atoms with van der Waals surface area (Å²) in [5, 5.41) is 11.9.